The highest BCUT2D eigenvalue weighted by Crippen LogP contribution is 2.35. The highest BCUT2D eigenvalue weighted by Gasteiger charge is 2.31. The van der Waals surface area contributed by atoms with Crippen LogP contribution in [-0.2, 0) is 27.8 Å². The van der Waals surface area contributed by atoms with Gasteiger partial charge in [0.15, 0.2) is 5.17 Å². The summed E-state index contributed by atoms with van der Waals surface area (Å²) < 4.78 is 29.5. The molecule has 6 nitrogen and oxygen atoms in total. The Kier molecular flexibility index (Phi) is 6.62. The number of benzene rings is 3. The summed E-state index contributed by atoms with van der Waals surface area (Å²) in [5.41, 5.74) is 3.46. The maximum Gasteiger partial charge on any atom is 0.286 e. The molecule has 4 rings (SSSR count). The Morgan fingerprint density at radius 2 is 1.62 bits per heavy atom. The number of amides is 1. The molecule has 3 aromatic carbocycles. The van der Waals surface area contributed by atoms with Crippen LogP contribution >= 0.6 is 11.8 Å². The topological polar surface area (TPSA) is 78.8 Å². The molecule has 164 valence electrons. The molecule has 1 heterocycles. The van der Waals surface area contributed by atoms with Gasteiger partial charge in [0.05, 0.1) is 18.0 Å². The number of thioether (sulfide) groups is 1. The Bertz CT molecular complexity index is 1240. The molecule has 1 N–H and O–H groups in total. The van der Waals surface area contributed by atoms with Crippen LogP contribution in [0.4, 0.5) is 11.4 Å². The van der Waals surface area contributed by atoms with Crippen LogP contribution in [-0.4, -0.2) is 25.2 Å². The second kappa shape index (κ2) is 9.58. The zero-order valence-electron chi connectivity index (χ0n) is 17.6. The van der Waals surface area contributed by atoms with Crippen LogP contribution in [0.15, 0.2) is 88.2 Å². The average Bonchev–Trinajstić information content (AvgIpc) is 2.81. The van der Waals surface area contributed by atoms with E-state index in [2.05, 4.69) is 16.6 Å². The van der Waals surface area contributed by atoms with Gasteiger partial charge in [0.2, 0.25) is 5.91 Å². The van der Waals surface area contributed by atoms with E-state index in [0.29, 0.717) is 17.9 Å². The predicted molar refractivity (Wildman–Crippen MR) is 131 cm³/mol. The fourth-order valence-corrected chi connectivity index (χ4v) is 5.63. The number of hydrogen-bond donors (Lipinski definition) is 1. The molecule has 1 amide bonds. The number of nitrogens with one attached hydrogen (secondary N) is 1. The predicted octanol–water partition coefficient (Wildman–Crippen LogP) is 4.69. The first-order chi connectivity index (χ1) is 15.5. The molecule has 0 aromatic heterocycles. The molecule has 0 saturated carbocycles. The number of para-hydroxylation sites is 1. The van der Waals surface area contributed by atoms with Crippen LogP contribution < -0.4 is 10.2 Å². The first kappa shape index (κ1) is 22.1. The minimum absolute atomic E-state index is 0.0390. The summed E-state index contributed by atoms with van der Waals surface area (Å²) in [6, 6.07) is 24.2. The molecule has 0 radical (unpaired) electrons. The molecular weight excluding hydrogens is 442 g/mol. The monoisotopic (exact) mass is 465 g/mol. The van der Waals surface area contributed by atoms with E-state index < -0.39 is 10.0 Å². The van der Waals surface area contributed by atoms with Crippen molar-refractivity contribution in [3.8, 4) is 0 Å². The smallest absolute Gasteiger partial charge is 0.286 e. The highest BCUT2D eigenvalue weighted by atomic mass is 32.2. The lowest BCUT2D eigenvalue weighted by molar-refractivity contribution is -0.113. The number of amidine groups is 1. The number of aryl methyl sites for hydroxylation is 1. The van der Waals surface area contributed by atoms with E-state index in [-0.39, 0.29) is 21.7 Å². The van der Waals surface area contributed by atoms with Gasteiger partial charge < -0.3 is 10.2 Å². The van der Waals surface area contributed by atoms with Crippen LogP contribution in [0.5, 0.6) is 0 Å². The van der Waals surface area contributed by atoms with Crippen LogP contribution in [0.1, 0.15) is 18.1 Å². The molecule has 32 heavy (non-hydrogen) atoms. The number of carbonyl (C=O) groups is 1. The molecule has 0 unspecified atom stereocenters. The van der Waals surface area contributed by atoms with E-state index in [1.165, 1.54) is 5.56 Å². The second-order valence-corrected chi connectivity index (χ2v) is 9.79. The van der Waals surface area contributed by atoms with Crippen molar-refractivity contribution in [1.82, 2.24) is 0 Å². The summed E-state index contributed by atoms with van der Waals surface area (Å²) in [5.74, 6) is -0.185. The highest BCUT2D eigenvalue weighted by molar-refractivity contribution is 8.15. The average molecular weight is 466 g/mol. The molecule has 0 saturated heterocycles. The lowest BCUT2D eigenvalue weighted by Crippen LogP contribution is -2.34. The third kappa shape index (κ3) is 5.03. The fraction of sp³-hybridized carbons (Fsp3) is 0.167. The van der Waals surface area contributed by atoms with Crippen LogP contribution in [0.2, 0.25) is 0 Å². The summed E-state index contributed by atoms with van der Waals surface area (Å²) in [5, 5.41) is 3.14. The molecule has 0 fully saturated rings. The number of hydrogen-bond acceptors (Lipinski definition) is 5. The second-order valence-electron chi connectivity index (χ2n) is 7.28. The Labute approximate surface area is 192 Å². The number of fused-ring (bicyclic) bond motifs is 1. The third-order valence-corrected chi connectivity index (χ3v) is 7.43. The van der Waals surface area contributed by atoms with Gasteiger partial charge >= 0.3 is 0 Å². The Morgan fingerprint density at radius 3 is 2.34 bits per heavy atom. The first-order valence-electron chi connectivity index (χ1n) is 10.2. The van der Waals surface area contributed by atoms with Crippen LogP contribution in [0.3, 0.4) is 0 Å². The van der Waals surface area contributed by atoms with Crippen molar-refractivity contribution in [2.45, 2.75) is 24.8 Å². The van der Waals surface area contributed by atoms with Crippen LogP contribution in [0, 0.1) is 0 Å². The van der Waals surface area contributed by atoms with Gasteiger partial charge in [-0.15, -0.1) is 4.40 Å². The molecule has 1 aliphatic heterocycles. The molecular formula is C24H23N3O3S2. The first-order valence-corrected chi connectivity index (χ1v) is 12.7. The fourth-order valence-electron chi connectivity index (χ4n) is 3.38. The minimum Gasteiger partial charge on any atom is -0.325 e. The summed E-state index contributed by atoms with van der Waals surface area (Å²) in [6.07, 6.45) is 0.928. The summed E-state index contributed by atoms with van der Waals surface area (Å²) >= 11 is 1.11. The van der Waals surface area contributed by atoms with E-state index in [4.69, 9.17) is 0 Å². The largest absolute Gasteiger partial charge is 0.325 e. The normalized spacial score (nSPS) is 14.4. The zero-order valence-corrected chi connectivity index (χ0v) is 19.2. The quantitative estimate of drug-likeness (QED) is 0.572. The van der Waals surface area contributed by atoms with Crippen molar-refractivity contribution in [2.75, 3.05) is 16.0 Å². The molecule has 0 bridgehead atoms. The molecule has 0 atom stereocenters. The lowest BCUT2D eigenvalue weighted by atomic mass is 10.1. The number of nitrogens with zero attached hydrogens (tertiary/aromatic N) is 2. The molecule has 1 aliphatic rings. The van der Waals surface area contributed by atoms with E-state index in [1.807, 2.05) is 59.5 Å². The van der Waals surface area contributed by atoms with Gasteiger partial charge in [-0.25, -0.2) is 0 Å². The molecule has 0 aliphatic carbocycles. The Hall–Kier alpha value is -3.10. The third-order valence-electron chi connectivity index (χ3n) is 5.02. The Morgan fingerprint density at radius 1 is 0.938 bits per heavy atom. The molecule has 0 spiro atoms. The number of carbonyl (C=O) groups excluding carboxylic acids is 1. The number of anilines is 2. The van der Waals surface area contributed by atoms with Gasteiger partial charge in [-0.1, -0.05) is 73.3 Å². The molecule has 8 heteroatoms. The SMILES string of the molecule is CCc1ccc(NC(=O)CSC2=NS(=O)(=O)c3ccccc3N2Cc2ccccc2)cc1. The van der Waals surface area contributed by atoms with Gasteiger partial charge in [0, 0.05) is 5.69 Å². The van der Waals surface area contributed by atoms with Crippen molar-refractivity contribution in [1.29, 1.82) is 0 Å². The van der Waals surface area contributed by atoms with Crippen molar-refractivity contribution in [2.24, 2.45) is 4.40 Å². The van der Waals surface area contributed by atoms with Gasteiger partial charge in [0.1, 0.15) is 4.90 Å². The van der Waals surface area contributed by atoms with Gasteiger partial charge in [-0.2, -0.15) is 8.42 Å². The minimum atomic E-state index is -3.84. The maximum atomic E-state index is 12.7. The Balaban J connectivity index is 1.54. The van der Waals surface area contributed by atoms with Gasteiger partial charge in [-0.3, -0.25) is 4.79 Å². The van der Waals surface area contributed by atoms with E-state index in [9.17, 15) is 13.2 Å². The van der Waals surface area contributed by atoms with Crippen molar-refractivity contribution in [3.05, 3.63) is 90.0 Å². The standard InChI is InChI=1S/C24H23N3O3S2/c1-2-18-12-14-20(15-13-18)25-23(28)17-31-24-26-32(29,30)22-11-7-6-10-21(22)27(24)16-19-8-4-3-5-9-19/h3-15H,2,16-17H2,1H3,(H,25,28). The van der Waals surface area contributed by atoms with E-state index in [1.54, 1.807) is 24.3 Å². The molecule has 3 aromatic rings. The summed E-state index contributed by atoms with van der Waals surface area (Å²) in [7, 11) is -3.84. The van der Waals surface area contributed by atoms with E-state index in [0.717, 1.165) is 23.7 Å². The summed E-state index contributed by atoms with van der Waals surface area (Å²) in [4.78, 5) is 14.5. The zero-order chi connectivity index (χ0) is 22.6. The maximum absolute atomic E-state index is 12.7. The van der Waals surface area contributed by atoms with Crippen molar-refractivity contribution in [3.63, 3.8) is 0 Å². The number of sulfonamides is 1. The van der Waals surface area contributed by atoms with Gasteiger partial charge in [-0.05, 0) is 41.8 Å². The van der Waals surface area contributed by atoms with Crippen LogP contribution in [0.25, 0.3) is 0 Å². The van der Waals surface area contributed by atoms with Crippen molar-refractivity contribution >= 4 is 44.2 Å². The van der Waals surface area contributed by atoms with E-state index >= 15 is 0 Å². The van der Waals surface area contributed by atoms with Crippen molar-refractivity contribution < 1.29 is 13.2 Å². The summed E-state index contributed by atoms with van der Waals surface area (Å²) in [6.45, 7) is 2.52. The lowest BCUT2D eigenvalue weighted by Gasteiger charge is -2.30. The van der Waals surface area contributed by atoms with Gasteiger partial charge in [0.25, 0.3) is 10.0 Å². The number of rotatable bonds is 6.